The molecule has 0 atom stereocenters. The van der Waals surface area contributed by atoms with Gasteiger partial charge < -0.3 is 0 Å². The van der Waals surface area contributed by atoms with Gasteiger partial charge in [0.15, 0.2) is 0 Å². The van der Waals surface area contributed by atoms with Gasteiger partial charge in [-0.25, -0.2) is 0 Å². The summed E-state index contributed by atoms with van der Waals surface area (Å²) in [4.78, 5) is 0. The summed E-state index contributed by atoms with van der Waals surface area (Å²) in [6.07, 6.45) is 0. The average molecular weight is 729 g/mol. The SMILES string of the molecule is CC1(C)c2ccc(-c3ccc(-c4c5ccccc5c(-c5ccccc5)c5ccccc45)c4ccccc34)cc2-c2cc3ccc4sc5ccccc5c4c3cc21. The van der Waals surface area contributed by atoms with Crippen LogP contribution < -0.4 is 0 Å². The van der Waals surface area contributed by atoms with Crippen molar-refractivity contribution < 1.29 is 0 Å². The topological polar surface area (TPSA) is 0 Å². The van der Waals surface area contributed by atoms with Crippen LogP contribution in [0.2, 0.25) is 0 Å². The lowest BCUT2D eigenvalue weighted by Gasteiger charge is -2.22. The molecule has 12 rings (SSSR count). The molecule has 11 aromatic rings. The highest BCUT2D eigenvalue weighted by molar-refractivity contribution is 7.26. The fourth-order valence-electron chi connectivity index (χ4n) is 10.1. The number of benzene rings is 10. The maximum atomic E-state index is 2.51. The van der Waals surface area contributed by atoms with Crippen LogP contribution in [0, 0.1) is 0 Å². The third-order valence-electron chi connectivity index (χ3n) is 12.7. The van der Waals surface area contributed by atoms with Crippen LogP contribution in [-0.2, 0) is 5.41 Å². The molecule has 1 aliphatic carbocycles. The minimum Gasteiger partial charge on any atom is -0.135 e. The van der Waals surface area contributed by atoms with E-state index in [1.807, 2.05) is 11.3 Å². The van der Waals surface area contributed by atoms with Gasteiger partial charge >= 0.3 is 0 Å². The first-order chi connectivity index (χ1) is 27.5. The molecule has 1 aromatic heterocycles. The molecule has 0 spiro atoms. The molecule has 1 aliphatic rings. The first-order valence-electron chi connectivity index (χ1n) is 19.6. The maximum absolute atomic E-state index is 2.51. The molecule has 1 heteroatoms. The highest BCUT2D eigenvalue weighted by Gasteiger charge is 2.36. The van der Waals surface area contributed by atoms with Crippen molar-refractivity contribution in [2.24, 2.45) is 0 Å². The van der Waals surface area contributed by atoms with Crippen LogP contribution in [0.15, 0.2) is 182 Å². The van der Waals surface area contributed by atoms with Gasteiger partial charge in [-0.2, -0.15) is 0 Å². The highest BCUT2D eigenvalue weighted by atomic mass is 32.1. The molecule has 1 heterocycles. The van der Waals surface area contributed by atoms with Crippen molar-refractivity contribution in [1.82, 2.24) is 0 Å². The fraction of sp³-hybridized carbons (Fsp3) is 0.0545. The molecule has 0 saturated carbocycles. The van der Waals surface area contributed by atoms with Crippen molar-refractivity contribution in [3.63, 3.8) is 0 Å². The highest BCUT2D eigenvalue weighted by Crippen LogP contribution is 2.53. The first kappa shape index (κ1) is 31.8. The molecule has 0 bridgehead atoms. The summed E-state index contributed by atoms with van der Waals surface area (Å²) in [6.45, 7) is 4.80. The minimum atomic E-state index is -0.106. The van der Waals surface area contributed by atoms with Gasteiger partial charge in [0.1, 0.15) is 0 Å². The van der Waals surface area contributed by atoms with Crippen molar-refractivity contribution in [2.75, 3.05) is 0 Å². The first-order valence-corrected chi connectivity index (χ1v) is 20.4. The Bertz CT molecular complexity index is 3380. The summed E-state index contributed by atoms with van der Waals surface area (Å²) in [6, 6.07) is 68.2. The Labute approximate surface area is 329 Å². The van der Waals surface area contributed by atoms with Gasteiger partial charge in [-0.3, -0.25) is 0 Å². The van der Waals surface area contributed by atoms with E-state index in [1.165, 1.54) is 119 Å². The second-order valence-electron chi connectivity index (χ2n) is 16.0. The Morgan fingerprint density at radius 1 is 0.339 bits per heavy atom. The van der Waals surface area contributed by atoms with Crippen LogP contribution in [0.1, 0.15) is 25.0 Å². The van der Waals surface area contributed by atoms with Gasteiger partial charge in [0.05, 0.1) is 0 Å². The molecule has 0 fully saturated rings. The summed E-state index contributed by atoms with van der Waals surface area (Å²) in [5.41, 5.74) is 13.0. The second-order valence-corrected chi connectivity index (χ2v) is 17.0. The summed E-state index contributed by atoms with van der Waals surface area (Å²) in [5, 5.41) is 13.1. The van der Waals surface area contributed by atoms with Crippen LogP contribution >= 0.6 is 11.3 Å². The van der Waals surface area contributed by atoms with Crippen LogP contribution in [0.5, 0.6) is 0 Å². The van der Waals surface area contributed by atoms with Crippen molar-refractivity contribution in [1.29, 1.82) is 0 Å². The molecule has 0 saturated heterocycles. The zero-order valence-electron chi connectivity index (χ0n) is 31.2. The fourth-order valence-corrected chi connectivity index (χ4v) is 11.2. The molecule has 262 valence electrons. The number of hydrogen-bond donors (Lipinski definition) is 0. The largest absolute Gasteiger partial charge is 0.135 e. The third kappa shape index (κ3) is 4.41. The number of thiophene rings is 1. The van der Waals surface area contributed by atoms with E-state index in [-0.39, 0.29) is 5.41 Å². The van der Waals surface area contributed by atoms with E-state index >= 15 is 0 Å². The van der Waals surface area contributed by atoms with Crippen LogP contribution in [0.25, 0.3) is 108 Å². The third-order valence-corrected chi connectivity index (χ3v) is 13.8. The molecule has 0 unspecified atom stereocenters. The van der Waals surface area contributed by atoms with E-state index in [1.54, 1.807) is 0 Å². The Kier molecular flexibility index (Phi) is 6.66. The monoisotopic (exact) mass is 728 g/mol. The molecule has 0 amide bonds. The van der Waals surface area contributed by atoms with Crippen LogP contribution in [0.4, 0.5) is 0 Å². The smallest absolute Gasteiger partial charge is 0.0361 e. The molecule has 0 nitrogen and oxygen atoms in total. The van der Waals surface area contributed by atoms with Gasteiger partial charge in [-0.1, -0.05) is 166 Å². The Morgan fingerprint density at radius 2 is 0.911 bits per heavy atom. The lowest BCUT2D eigenvalue weighted by atomic mass is 9.81. The van der Waals surface area contributed by atoms with E-state index < -0.39 is 0 Å². The van der Waals surface area contributed by atoms with E-state index in [0.29, 0.717) is 0 Å². The molecule has 0 aliphatic heterocycles. The summed E-state index contributed by atoms with van der Waals surface area (Å²) < 4.78 is 2.71. The van der Waals surface area contributed by atoms with Gasteiger partial charge in [-0.05, 0) is 129 Å². The predicted molar refractivity (Wildman–Crippen MR) is 243 cm³/mol. The summed E-state index contributed by atoms with van der Waals surface area (Å²) in [5.74, 6) is 0. The summed E-state index contributed by atoms with van der Waals surface area (Å²) in [7, 11) is 0. The van der Waals surface area contributed by atoms with Gasteiger partial charge in [0.25, 0.3) is 0 Å². The van der Waals surface area contributed by atoms with Gasteiger partial charge in [-0.15, -0.1) is 11.3 Å². The van der Waals surface area contributed by atoms with E-state index in [4.69, 9.17) is 0 Å². The van der Waals surface area contributed by atoms with E-state index in [9.17, 15) is 0 Å². The predicted octanol–water partition coefficient (Wildman–Crippen LogP) is 16.0. The lowest BCUT2D eigenvalue weighted by Crippen LogP contribution is -2.14. The van der Waals surface area contributed by atoms with Crippen molar-refractivity contribution in [3.05, 3.63) is 193 Å². The Hall–Kier alpha value is -6.54. The molecule has 10 aromatic carbocycles. The average Bonchev–Trinajstić information content (AvgIpc) is 3.73. The normalized spacial score (nSPS) is 13.3. The van der Waals surface area contributed by atoms with Gasteiger partial charge in [0.2, 0.25) is 0 Å². The molecule has 56 heavy (non-hydrogen) atoms. The lowest BCUT2D eigenvalue weighted by molar-refractivity contribution is 0.661. The van der Waals surface area contributed by atoms with E-state index in [0.717, 1.165) is 0 Å². The molecular weight excluding hydrogens is 693 g/mol. The number of fused-ring (bicyclic) bond motifs is 11. The molecule has 0 N–H and O–H groups in total. The van der Waals surface area contributed by atoms with Crippen LogP contribution in [-0.4, -0.2) is 0 Å². The quantitative estimate of drug-likeness (QED) is 0.159. The van der Waals surface area contributed by atoms with Crippen molar-refractivity contribution in [2.45, 2.75) is 19.3 Å². The van der Waals surface area contributed by atoms with Gasteiger partial charge in [0, 0.05) is 25.6 Å². The van der Waals surface area contributed by atoms with Crippen LogP contribution in [0.3, 0.4) is 0 Å². The zero-order chi connectivity index (χ0) is 37.1. The number of hydrogen-bond acceptors (Lipinski definition) is 1. The Morgan fingerprint density at radius 3 is 1.62 bits per heavy atom. The zero-order valence-corrected chi connectivity index (χ0v) is 32.0. The standard InChI is InChI=1S/C55H36S/c1-55(2)48-28-24-34(30-46(48)47-31-35-25-29-51-54(45(35)32-49(47)55)44-22-12-13-23-50(44)56-51)36-26-27-43(38-17-7-6-16-37(36)38)53-41-20-10-8-18-39(41)52(33-14-4-3-5-15-33)40-19-9-11-21-42(40)53/h3-32H,1-2H3. The maximum Gasteiger partial charge on any atom is 0.0361 e. The van der Waals surface area contributed by atoms with Crippen molar-refractivity contribution >= 4 is 74.6 Å². The Balaban J connectivity index is 1.06. The second kappa shape index (κ2) is 11.7. The van der Waals surface area contributed by atoms with Crippen molar-refractivity contribution in [3.8, 4) is 44.5 Å². The van der Waals surface area contributed by atoms with E-state index in [2.05, 4.69) is 196 Å². The molecule has 0 radical (unpaired) electrons. The molecular formula is C55H36S. The minimum absolute atomic E-state index is 0.106. The summed E-state index contributed by atoms with van der Waals surface area (Å²) >= 11 is 1.90. The number of rotatable bonds is 3.